The summed E-state index contributed by atoms with van der Waals surface area (Å²) in [5, 5.41) is 0. The SMILES string of the molecule is CCC1=C2C=C3C=C(C=C4CC(=CC5=CC(=CC(=C1CC)C2)C(CC)=C5CC)C(CC)=C4C)C(CC)=C3CC. The van der Waals surface area contributed by atoms with Crippen LogP contribution in [0.2, 0.25) is 0 Å². The van der Waals surface area contributed by atoms with Crippen LogP contribution in [-0.4, -0.2) is 0 Å². The van der Waals surface area contributed by atoms with Gasteiger partial charge in [-0.2, -0.15) is 0 Å². The van der Waals surface area contributed by atoms with Gasteiger partial charge in [-0.25, -0.2) is 0 Å². The minimum absolute atomic E-state index is 1.05. The standard InChI is InChI=1S/C39H48/c1-9-33-24(8)25-16-26(33)18-28-20-30(37(13-5)35(28)11-3)22-32-23-31(38(14-6)39(32)15-7)21-29-19-27(17-25)34(10-2)36(29)12-4/h17-22H,9-16,23H2,1-8H3. The van der Waals surface area contributed by atoms with Crippen molar-refractivity contribution in [3.05, 3.63) is 126 Å². The molecule has 0 saturated carbocycles. The lowest BCUT2D eigenvalue weighted by atomic mass is 9.95. The van der Waals surface area contributed by atoms with Crippen LogP contribution in [0.3, 0.4) is 0 Å². The van der Waals surface area contributed by atoms with Gasteiger partial charge in [-0.1, -0.05) is 72.8 Å². The zero-order chi connectivity index (χ0) is 27.8. The molecule has 5 aliphatic carbocycles. The molecule has 0 heterocycles. The minimum Gasteiger partial charge on any atom is -0.0613 e. The molecule has 8 bridgehead atoms. The van der Waals surface area contributed by atoms with Crippen molar-refractivity contribution >= 4 is 0 Å². The summed E-state index contributed by atoms with van der Waals surface area (Å²) >= 11 is 0. The zero-order valence-corrected chi connectivity index (χ0v) is 25.8. The molecular formula is C39H48. The van der Waals surface area contributed by atoms with E-state index < -0.39 is 0 Å². The third kappa shape index (κ3) is 4.65. The Morgan fingerprint density at radius 3 is 1.13 bits per heavy atom. The van der Waals surface area contributed by atoms with Gasteiger partial charge in [-0.3, -0.25) is 0 Å². The van der Waals surface area contributed by atoms with Gasteiger partial charge < -0.3 is 0 Å². The van der Waals surface area contributed by atoms with Crippen molar-refractivity contribution in [2.75, 3.05) is 0 Å². The molecule has 5 rings (SSSR count). The van der Waals surface area contributed by atoms with E-state index in [1.54, 1.807) is 50.2 Å². The molecule has 0 aromatic carbocycles. The third-order valence-corrected chi connectivity index (χ3v) is 9.76. The fourth-order valence-corrected chi connectivity index (χ4v) is 7.95. The molecule has 0 N–H and O–H groups in total. The first-order valence-corrected chi connectivity index (χ1v) is 15.8. The van der Waals surface area contributed by atoms with Gasteiger partial charge in [0.25, 0.3) is 0 Å². The van der Waals surface area contributed by atoms with Crippen LogP contribution in [-0.2, 0) is 0 Å². The van der Waals surface area contributed by atoms with Gasteiger partial charge in [0, 0.05) is 0 Å². The maximum Gasteiger partial charge on any atom is -0.00197 e. The van der Waals surface area contributed by atoms with Crippen LogP contribution in [0.4, 0.5) is 0 Å². The first-order valence-electron chi connectivity index (χ1n) is 15.8. The lowest BCUT2D eigenvalue weighted by Crippen LogP contribution is -1.91. The summed E-state index contributed by atoms with van der Waals surface area (Å²) in [6.07, 6.45) is 25.0. The Bertz CT molecular complexity index is 1450. The number of allylic oxidation sites excluding steroid dienone is 22. The number of hydrogen-bond acceptors (Lipinski definition) is 0. The van der Waals surface area contributed by atoms with E-state index in [2.05, 4.69) is 91.8 Å². The molecule has 204 valence electrons. The van der Waals surface area contributed by atoms with Crippen molar-refractivity contribution in [3.8, 4) is 0 Å². The summed E-state index contributed by atoms with van der Waals surface area (Å²) in [5.74, 6) is 0. The van der Waals surface area contributed by atoms with Crippen LogP contribution < -0.4 is 0 Å². The van der Waals surface area contributed by atoms with Gasteiger partial charge in [0.1, 0.15) is 0 Å². The number of rotatable bonds is 7. The summed E-state index contributed by atoms with van der Waals surface area (Å²) < 4.78 is 0. The van der Waals surface area contributed by atoms with Crippen molar-refractivity contribution in [1.29, 1.82) is 0 Å². The van der Waals surface area contributed by atoms with Gasteiger partial charge >= 0.3 is 0 Å². The zero-order valence-electron chi connectivity index (χ0n) is 25.8. The Morgan fingerprint density at radius 2 is 0.744 bits per heavy atom. The fourth-order valence-electron chi connectivity index (χ4n) is 7.95. The van der Waals surface area contributed by atoms with Crippen molar-refractivity contribution in [3.63, 3.8) is 0 Å². The van der Waals surface area contributed by atoms with Crippen LogP contribution in [0.5, 0.6) is 0 Å². The predicted octanol–water partition coefficient (Wildman–Crippen LogP) is 11.8. The Kier molecular flexibility index (Phi) is 8.04. The maximum absolute atomic E-state index is 2.57. The van der Waals surface area contributed by atoms with Crippen LogP contribution in [0.15, 0.2) is 126 Å². The third-order valence-electron chi connectivity index (χ3n) is 9.76. The molecule has 0 radical (unpaired) electrons. The second-order valence-corrected chi connectivity index (χ2v) is 11.6. The summed E-state index contributed by atoms with van der Waals surface area (Å²) in [7, 11) is 0. The Hall–Kier alpha value is -2.86. The molecule has 0 aliphatic heterocycles. The van der Waals surface area contributed by atoms with E-state index in [-0.39, 0.29) is 0 Å². The lowest BCUT2D eigenvalue weighted by Gasteiger charge is -2.10. The van der Waals surface area contributed by atoms with E-state index in [1.165, 1.54) is 39.0 Å². The molecule has 0 nitrogen and oxygen atoms in total. The summed E-state index contributed by atoms with van der Waals surface area (Å²) in [4.78, 5) is 0. The fraction of sp³-hybridized carbons (Fsp3) is 0.436. The highest BCUT2D eigenvalue weighted by atomic mass is 14.3. The number of fused-ring (bicyclic) bond motifs is 6. The van der Waals surface area contributed by atoms with E-state index in [1.807, 2.05) is 0 Å². The highest BCUT2D eigenvalue weighted by Crippen LogP contribution is 2.47. The van der Waals surface area contributed by atoms with Crippen molar-refractivity contribution < 1.29 is 0 Å². The van der Waals surface area contributed by atoms with E-state index in [0.29, 0.717) is 0 Å². The van der Waals surface area contributed by atoms with Gasteiger partial charge in [-0.05, 0) is 166 Å². The van der Waals surface area contributed by atoms with E-state index >= 15 is 0 Å². The normalized spacial score (nSPS) is 21.2. The molecule has 39 heavy (non-hydrogen) atoms. The summed E-state index contributed by atoms with van der Waals surface area (Å²) in [5.41, 5.74) is 24.4. The molecule has 0 saturated heterocycles. The molecule has 0 heteroatoms. The molecule has 0 fully saturated rings. The topological polar surface area (TPSA) is 0 Å². The molecule has 5 aliphatic rings. The number of hydrogen-bond donors (Lipinski definition) is 0. The first kappa shape index (κ1) is 27.7. The molecule has 0 spiro atoms. The largest absolute Gasteiger partial charge is 0.0613 e. The first-order chi connectivity index (χ1) is 18.9. The maximum atomic E-state index is 2.57. The summed E-state index contributed by atoms with van der Waals surface area (Å²) in [6.45, 7) is 18.7. The quantitative estimate of drug-likeness (QED) is 0.315. The summed E-state index contributed by atoms with van der Waals surface area (Å²) in [6, 6.07) is 0. The Morgan fingerprint density at radius 1 is 0.385 bits per heavy atom. The molecule has 0 unspecified atom stereocenters. The molecule has 0 aromatic heterocycles. The second-order valence-electron chi connectivity index (χ2n) is 11.6. The van der Waals surface area contributed by atoms with E-state index in [4.69, 9.17) is 0 Å². The van der Waals surface area contributed by atoms with E-state index in [0.717, 1.165) is 57.8 Å². The van der Waals surface area contributed by atoms with Crippen LogP contribution in [0.1, 0.15) is 113 Å². The Labute approximate surface area is 238 Å². The van der Waals surface area contributed by atoms with Crippen LogP contribution in [0, 0.1) is 0 Å². The van der Waals surface area contributed by atoms with Gasteiger partial charge in [0.15, 0.2) is 0 Å². The molecule has 0 amide bonds. The van der Waals surface area contributed by atoms with Crippen molar-refractivity contribution in [2.45, 2.75) is 113 Å². The highest BCUT2D eigenvalue weighted by molar-refractivity contribution is 5.70. The highest BCUT2D eigenvalue weighted by Gasteiger charge is 2.28. The van der Waals surface area contributed by atoms with Crippen LogP contribution in [0.25, 0.3) is 0 Å². The Balaban J connectivity index is 1.80. The van der Waals surface area contributed by atoms with Gasteiger partial charge in [-0.15, -0.1) is 0 Å². The van der Waals surface area contributed by atoms with Gasteiger partial charge in [0.05, 0.1) is 0 Å². The minimum atomic E-state index is 1.05. The van der Waals surface area contributed by atoms with E-state index in [9.17, 15) is 0 Å². The van der Waals surface area contributed by atoms with Gasteiger partial charge in [0.2, 0.25) is 0 Å². The second kappa shape index (κ2) is 11.3. The molecular weight excluding hydrogens is 468 g/mol. The smallest absolute Gasteiger partial charge is 0.00197 e. The van der Waals surface area contributed by atoms with Crippen molar-refractivity contribution in [1.82, 2.24) is 0 Å². The monoisotopic (exact) mass is 516 g/mol. The average Bonchev–Trinajstić information content (AvgIpc) is 3.64. The van der Waals surface area contributed by atoms with Crippen LogP contribution >= 0.6 is 0 Å². The lowest BCUT2D eigenvalue weighted by molar-refractivity contribution is 1.02. The molecule has 0 atom stereocenters. The molecule has 0 aromatic rings. The predicted molar refractivity (Wildman–Crippen MR) is 171 cm³/mol. The average molecular weight is 517 g/mol. The van der Waals surface area contributed by atoms with Crippen molar-refractivity contribution in [2.24, 2.45) is 0 Å².